The van der Waals surface area contributed by atoms with E-state index in [4.69, 9.17) is 5.84 Å². The molecule has 4 rings (SSSR count). The number of fused-ring (bicyclic) bond motifs is 5. The van der Waals surface area contributed by atoms with E-state index in [1.165, 1.54) is 16.9 Å². The van der Waals surface area contributed by atoms with Crippen LogP contribution in [-0.4, -0.2) is 19.6 Å². The van der Waals surface area contributed by atoms with E-state index in [0.29, 0.717) is 5.95 Å². The summed E-state index contributed by atoms with van der Waals surface area (Å²) in [4.78, 5) is 11.4. The van der Waals surface area contributed by atoms with Gasteiger partial charge in [-0.3, -0.25) is 5.43 Å². The Kier molecular flexibility index (Phi) is 2.27. The molecule has 0 amide bonds. The van der Waals surface area contributed by atoms with Crippen LogP contribution >= 0.6 is 11.3 Å². The van der Waals surface area contributed by atoms with Gasteiger partial charge in [-0.05, 0) is 30.7 Å². The van der Waals surface area contributed by atoms with Gasteiger partial charge in [-0.1, -0.05) is 6.92 Å². The summed E-state index contributed by atoms with van der Waals surface area (Å²) in [7, 11) is 0. The zero-order valence-corrected chi connectivity index (χ0v) is 11.4. The molecule has 1 aliphatic rings. The lowest BCUT2D eigenvalue weighted by Crippen LogP contribution is -2.13. The van der Waals surface area contributed by atoms with E-state index in [2.05, 4.69) is 27.4 Å². The molecule has 19 heavy (non-hydrogen) atoms. The number of nitrogens with zero attached hydrogens (tertiary/aromatic N) is 4. The van der Waals surface area contributed by atoms with Gasteiger partial charge < -0.3 is 0 Å². The van der Waals surface area contributed by atoms with Crippen LogP contribution in [0.1, 0.15) is 23.8 Å². The zero-order valence-electron chi connectivity index (χ0n) is 10.6. The van der Waals surface area contributed by atoms with Gasteiger partial charge in [0.2, 0.25) is 5.95 Å². The van der Waals surface area contributed by atoms with Crippen LogP contribution in [0.3, 0.4) is 0 Å². The van der Waals surface area contributed by atoms with Gasteiger partial charge in [-0.2, -0.15) is 9.61 Å². The fourth-order valence-corrected chi connectivity index (χ4v) is 4.23. The maximum atomic E-state index is 5.51. The second-order valence-electron chi connectivity index (χ2n) is 5.11. The standard InChI is InChI=1S/C12H14N6S/c1-6-2-3-7-8(4-6)19-11-9(7)10-14-5-15-18(10)12(16-11)17-13/h5-6H,2-4,13H2,1H3,(H,16,17). The molecule has 1 atom stereocenters. The van der Waals surface area contributed by atoms with Gasteiger partial charge in [0, 0.05) is 4.88 Å². The fraction of sp³-hybridized carbons (Fsp3) is 0.417. The summed E-state index contributed by atoms with van der Waals surface area (Å²) >= 11 is 1.76. The van der Waals surface area contributed by atoms with Crippen molar-refractivity contribution in [3.05, 3.63) is 16.8 Å². The monoisotopic (exact) mass is 274 g/mol. The Morgan fingerprint density at radius 1 is 1.53 bits per heavy atom. The van der Waals surface area contributed by atoms with Crippen LogP contribution in [0.15, 0.2) is 6.33 Å². The Morgan fingerprint density at radius 2 is 2.42 bits per heavy atom. The third-order valence-electron chi connectivity index (χ3n) is 3.80. The number of hydrazine groups is 1. The molecule has 1 aliphatic carbocycles. The van der Waals surface area contributed by atoms with Gasteiger partial charge >= 0.3 is 0 Å². The number of aryl methyl sites for hydroxylation is 1. The second-order valence-corrected chi connectivity index (χ2v) is 6.19. The largest absolute Gasteiger partial charge is 0.292 e. The molecule has 7 heteroatoms. The van der Waals surface area contributed by atoms with Crippen LogP contribution in [-0.2, 0) is 12.8 Å². The molecule has 6 nitrogen and oxygen atoms in total. The molecule has 0 saturated heterocycles. The summed E-state index contributed by atoms with van der Waals surface area (Å²) < 4.78 is 1.67. The molecular weight excluding hydrogens is 260 g/mol. The summed E-state index contributed by atoms with van der Waals surface area (Å²) in [6.07, 6.45) is 5.03. The highest BCUT2D eigenvalue weighted by atomic mass is 32.1. The highest BCUT2D eigenvalue weighted by molar-refractivity contribution is 7.19. The van der Waals surface area contributed by atoms with Crippen molar-refractivity contribution in [1.29, 1.82) is 0 Å². The molecular formula is C12H14N6S. The van der Waals surface area contributed by atoms with Crippen molar-refractivity contribution in [3.63, 3.8) is 0 Å². The molecule has 0 aromatic carbocycles. The van der Waals surface area contributed by atoms with E-state index in [1.54, 1.807) is 22.2 Å². The lowest BCUT2D eigenvalue weighted by Gasteiger charge is -2.17. The van der Waals surface area contributed by atoms with Crippen molar-refractivity contribution >= 4 is 33.1 Å². The first-order chi connectivity index (χ1) is 9.28. The van der Waals surface area contributed by atoms with E-state index in [0.717, 1.165) is 34.6 Å². The van der Waals surface area contributed by atoms with Gasteiger partial charge in [0.15, 0.2) is 5.65 Å². The Hall–Kier alpha value is -1.73. The average Bonchev–Trinajstić information content (AvgIpc) is 2.99. The zero-order chi connectivity index (χ0) is 13.0. The van der Waals surface area contributed by atoms with Crippen LogP contribution in [0.4, 0.5) is 5.95 Å². The number of hydrogen-bond acceptors (Lipinski definition) is 6. The van der Waals surface area contributed by atoms with Crippen LogP contribution in [0.5, 0.6) is 0 Å². The Labute approximate surface area is 113 Å². The van der Waals surface area contributed by atoms with E-state index in [9.17, 15) is 0 Å². The minimum Gasteiger partial charge on any atom is -0.292 e. The quantitative estimate of drug-likeness (QED) is 0.522. The third-order valence-corrected chi connectivity index (χ3v) is 4.95. The Bertz CT molecular complexity index is 773. The summed E-state index contributed by atoms with van der Waals surface area (Å²) in [5.74, 6) is 6.80. The predicted octanol–water partition coefficient (Wildman–Crippen LogP) is 1.75. The molecule has 1 unspecified atom stereocenters. The van der Waals surface area contributed by atoms with Crippen LogP contribution in [0.25, 0.3) is 15.9 Å². The molecule has 3 aromatic heterocycles. The third kappa shape index (κ3) is 1.48. The summed E-state index contributed by atoms with van der Waals surface area (Å²) in [5.41, 5.74) is 4.85. The molecule has 0 fully saturated rings. The maximum Gasteiger partial charge on any atom is 0.241 e. The number of nitrogens with two attached hydrogens (primary N) is 1. The summed E-state index contributed by atoms with van der Waals surface area (Å²) in [6, 6.07) is 0. The molecule has 0 spiro atoms. The first kappa shape index (κ1) is 11.1. The lowest BCUT2D eigenvalue weighted by molar-refractivity contribution is 0.509. The van der Waals surface area contributed by atoms with Gasteiger partial charge in [0.25, 0.3) is 0 Å². The number of rotatable bonds is 1. The van der Waals surface area contributed by atoms with E-state index in [1.807, 2.05) is 0 Å². The van der Waals surface area contributed by atoms with Crippen molar-refractivity contribution in [3.8, 4) is 0 Å². The van der Waals surface area contributed by atoms with Gasteiger partial charge in [0.05, 0.1) is 5.39 Å². The molecule has 3 heterocycles. The highest BCUT2D eigenvalue weighted by Crippen LogP contribution is 2.39. The van der Waals surface area contributed by atoms with E-state index < -0.39 is 0 Å². The predicted molar refractivity (Wildman–Crippen MR) is 75.2 cm³/mol. The van der Waals surface area contributed by atoms with Gasteiger partial charge in [-0.25, -0.2) is 15.8 Å². The highest BCUT2D eigenvalue weighted by Gasteiger charge is 2.24. The number of nitrogen functional groups attached to an aromatic ring is 1. The van der Waals surface area contributed by atoms with Crippen molar-refractivity contribution in [2.45, 2.75) is 26.2 Å². The van der Waals surface area contributed by atoms with Crippen LogP contribution < -0.4 is 11.3 Å². The molecule has 3 N–H and O–H groups in total. The van der Waals surface area contributed by atoms with Crippen molar-refractivity contribution < 1.29 is 0 Å². The number of aromatic nitrogens is 4. The van der Waals surface area contributed by atoms with Crippen molar-refractivity contribution in [1.82, 2.24) is 19.6 Å². The van der Waals surface area contributed by atoms with Crippen molar-refractivity contribution in [2.24, 2.45) is 11.8 Å². The summed E-state index contributed by atoms with van der Waals surface area (Å²) in [5, 5.41) is 5.34. The summed E-state index contributed by atoms with van der Waals surface area (Å²) in [6.45, 7) is 2.31. The minimum atomic E-state index is 0.534. The number of anilines is 1. The van der Waals surface area contributed by atoms with Gasteiger partial charge in [-0.15, -0.1) is 11.3 Å². The second kappa shape index (κ2) is 3.88. The molecule has 0 bridgehead atoms. The lowest BCUT2D eigenvalue weighted by atomic mass is 9.89. The van der Waals surface area contributed by atoms with Crippen molar-refractivity contribution in [2.75, 3.05) is 5.43 Å². The normalized spacial score (nSPS) is 18.9. The Balaban J connectivity index is 2.11. The number of hydrogen-bond donors (Lipinski definition) is 2. The number of thiophene rings is 1. The first-order valence-electron chi connectivity index (χ1n) is 6.38. The first-order valence-corrected chi connectivity index (χ1v) is 7.20. The molecule has 3 aromatic rings. The molecule has 0 saturated carbocycles. The number of nitrogens with one attached hydrogen (secondary N) is 1. The molecule has 0 aliphatic heterocycles. The average molecular weight is 274 g/mol. The maximum absolute atomic E-state index is 5.51. The fourth-order valence-electron chi connectivity index (χ4n) is 2.85. The van der Waals surface area contributed by atoms with Gasteiger partial charge in [0.1, 0.15) is 11.2 Å². The van der Waals surface area contributed by atoms with Crippen LogP contribution in [0, 0.1) is 5.92 Å². The van der Waals surface area contributed by atoms with E-state index in [-0.39, 0.29) is 0 Å². The molecule has 0 radical (unpaired) electrons. The Morgan fingerprint density at radius 3 is 3.26 bits per heavy atom. The molecule has 98 valence electrons. The smallest absolute Gasteiger partial charge is 0.241 e. The minimum absolute atomic E-state index is 0.534. The topological polar surface area (TPSA) is 81.1 Å². The van der Waals surface area contributed by atoms with E-state index >= 15 is 0 Å². The van der Waals surface area contributed by atoms with Crippen LogP contribution in [0.2, 0.25) is 0 Å². The SMILES string of the molecule is CC1CCc2c(sc3nc(NN)n4ncnc4c23)C1.